The highest BCUT2D eigenvalue weighted by atomic mass is 32.2. The molecule has 30 heavy (non-hydrogen) atoms. The Hall–Kier alpha value is -2.32. The lowest BCUT2D eigenvalue weighted by atomic mass is 10.1. The summed E-state index contributed by atoms with van der Waals surface area (Å²) in [6, 6.07) is 7.65. The number of carbonyl (C=O) groups excluding carboxylic acids is 3. The normalized spacial score (nSPS) is 17.9. The molecule has 158 valence electrons. The third kappa shape index (κ3) is 4.11. The van der Waals surface area contributed by atoms with Gasteiger partial charge in [0, 0.05) is 21.4 Å². The number of hydrogen-bond donors (Lipinski definition) is 1. The monoisotopic (exact) mass is 444 g/mol. The van der Waals surface area contributed by atoms with E-state index >= 15 is 0 Å². The molecule has 2 heterocycles. The third-order valence-electron chi connectivity index (χ3n) is 5.20. The second-order valence-electron chi connectivity index (χ2n) is 7.41. The minimum absolute atomic E-state index is 0.0746. The van der Waals surface area contributed by atoms with Crippen molar-refractivity contribution in [2.75, 3.05) is 23.4 Å². The van der Waals surface area contributed by atoms with Crippen LogP contribution in [0.2, 0.25) is 0 Å². The van der Waals surface area contributed by atoms with Gasteiger partial charge in [-0.05, 0) is 43.9 Å². The fourth-order valence-electron chi connectivity index (χ4n) is 3.92. The van der Waals surface area contributed by atoms with E-state index in [2.05, 4.69) is 5.32 Å². The quantitative estimate of drug-likeness (QED) is 0.697. The minimum Gasteiger partial charge on any atom is -0.462 e. The van der Waals surface area contributed by atoms with E-state index in [0.29, 0.717) is 17.0 Å². The van der Waals surface area contributed by atoms with Crippen molar-refractivity contribution in [2.24, 2.45) is 0 Å². The van der Waals surface area contributed by atoms with E-state index < -0.39 is 5.97 Å². The van der Waals surface area contributed by atoms with Crippen molar-refractivity contribution < 1.29 is 19.1 Å². The molecule has 1 atom stereocenters. The molecule has 2 aliphatic rings. The van der Waals surface area contributed by atoms with E-state index in [4.69, 9.17) is 4.74 Å². The molecule has 1 aromatic carbocycles. The second kappa shape index (κ2) is 8.81. The van der Waals surface area contributed by atoms with E-state index in [1.807, 2.05) is 31.2 Å². The van der Waals surface area contributed by atoms with Crippen molar-refractivity contribution in [2.45, 2.75) is 49.7 Å². The molecule has 0 radical (unpaired) electrons. The molecular formula is C22H24N2O4S2. The van der Waals surface area contributed by atoms with Crippen molar-refractivity contribution in [3.8, 4) is 0 Å². The fraction of sp³-hybridized carbons (Fsp3) is 0.409. The molecule has 0 bridgehead atoms. The molecule has 0 spiro atoms. The van der Waals surface area contributed by atoms with Crippen molar-refractivity contribution in [1.29, 1.82) is 0 Å². The summed E-state index contributed by atoms with van der Waals surface area (Å²) >= 11 is 3.09. The Labute approximate surface area is 184 Å². The zero-order chi connectivity index (χ0) is 21.3. The standard InChI is InChI=1S/C22H24N2O4S2/c1-3-28-22(27)20-14-7-6-10-16(14)30-21(20)23-18(25)12-24-15-8-4-5-9-17(15)29-13(2)11-19(24)26/h4-5,8-9,13H,3,6-7,10-12H2,1-2H3,(H,23,25). The number of benzene rings is 1. The molecule has 4 rings (SSSR count). The second-order valence-corrected chi connectivity index (χ2v) is 10.00. The first-order valence-electron chi connectivity index (χ1n) is 10.2. The third-order valence-corrected chi connectivity index (χ3v) is 7.58. The average molecular weight is 445 g/mol. The van der Waals surface area contributed by atoms with Gasteiger partial charge in [-0.25, -0.2) is 4.79 Å². The van der Waals surface area contributed by atoms with Gasteiger partial charge in [-0.3, -0.25) is 9.59 Å². The summed E-state index contributed by atoms with van der Waals surface area (Å²) in [5.41, 5.74) is 2.23. The number of aryl methyl sites for hydroxylation is 1. The van der Waals surface area contributed by atoms with E-state index in [1.165, 1.54) is 11.3 Å². The lowest BCUT2D eigenvalue weighted by Gasteiger charge is -2.22. The molecule has 2 aromatic rings. The van der Waals surface area contributed by atoms with Crippen molar-refractivity contribution >= 4 is 51.6 Å². The first kappa shape index (κ1) is 20.9. The Morgan fingerprint density at radius 3 is 2.87 bits per heavy atom. The van der Waals surface area contributed by atoms with E-state index in [1.54, 1.807) is 23.6 Å². The maximum atomic E-state index is 12.9. The van der Waals surface area contributed by atoms with Crippen LogP contribution in [0.25, 0.3) is 0 Å². The number of fused-ring (bicyclic) bond motifs is 2. The molecule has 1 N–H and O–H groups in total. The van der Waals surface area contributed by atoms with E-state index in [0.717, 1.165) is 40.3 Å². The molecule has 0 saturated heterocycles. The van der Waals surface area contributed by atoms with Crippen LogP contribution in [0.4, 0.5) is 10.7 Å². The maximum absolute atomic E-state index is 12.9. The van der Waals surface area contributed by atoms with Crippen LogP contribution in [0.5, 0.6) is 0 Å². The van der Waals surface area contributed by atoms with Gasteiger partial charge in [0.15, 0.2) is 0 Å². The zero-order valence-corrected chi connectivity index (χ0v) is 18.7. The van der Waals surface area contributed by atoms with Crippen LogP contribution in [0.3, 0.4) is 0 Å². The molecule has 0 saturated carbocycles. The maximum Gasteiger partial charge on any atom is 0.341 e. The van der Waals surface area contributed by atoms with Gasteiger partial charge in [-0.1, -0.05) is 19.1 Å². The number of carbonyl (C=O) groups is 3. The fourth-order valence-corrected chi connectivity index (χ4v) is 6.33. The van der Waals surface area contributed by atoms with Gasteiger partial charge in [0.05, 0.1) is 17.9 Å². The largest absolute Gasteiger partial charge is 0.462 e. The summed E-state index contributed by atoms with van der Waals surface area (Å²) in [5.74, 6) is -0.786. The van der Waals surface area contributed by atoms with Gasteiger partial charge < -0.3 is 15.0 Å². The lowest BCUT2D eigenvalue weighted by Crippen LogP contribution is -2.38. The molecule has 8 heteroatoms. The Morgan fingerprint density at radius 1 is 1.27 bits per heavy atom. The highest BCUT2D eigenvalue weighted by Crippen LogP contribution is 2.40. The van der Waals surface area contributed by atoms with Crippen molar-refractivity contribution in [1.82, 2.24) is 0 Å². The Morgan fingerprint density at radius 2 is 2.07 bits per heavy atom. The first-order chi connectivity index (χ1) is 14.5. The van der Waals surface area contributed by atoms with Crippen LogP contribution in [0.1, 0.15) is 47.5 Å². The van der Waals surface area contributed by atoms with Crippen molar-refractivity contribution in [3.05, 3.63) is 40.3 Å². The first-order valence-corrected chi connectivity index (χ1v) is 11.8. The Balaban J connectivity index is 1.57. The summed E-state index contributed by atoms with van der Waals surface area (Å²) in [6.45, 7) is 3.98. The summed E-state index contributed by atoms with van der Waals surface area (Å²) < 4.78 is 5.22. The number of para-hydroxylation sites is 1. The summed E-state index contributed by atoms with van der Waals surface area (Å²) in [4.78, 5) is 41.9. The molecule has 6 nitrogen and oxygen atoms in total. The topological polar surface area (TPSA) is 75.7 Å². The summed E-state index contributed by atoms with van der Waals surface area (Å²) in [6.07, 6.45) is 3.11. The number of nitrogens with one attached hydrogen (secondary N) is 1. The van der Waals surface area contributed by atoms with Crippen LogP contribution in [0.15, 0.2) is 29.2 Å². The number of rotatable bonds is 5. The van der Waals surface area contributed by atoms with Crippen LogP contribution < -0.4 is 10.2 Å². The summed E-state index contributed by atoms with van der Waals surface area (Å²) in [5, 5.41) is 3.56. The van der Waals surface area contributed by atoms with Crippen LogP contribution in [-0.4, -0.2) is 36.2 Å². The van der Waals surface area contributed by atoms with Crippen molar-refractivity contribution in [3.63, 3.8) is 0 Å². The van der Waals surface area contributed by atoms with Gasteiger partial charge in [-0.2, -0.15) is 0 Å². The lowest BCUT2D eigenvalue weighted by molar-refractivity contribution is -0.121. The van der Waals surface area contributed by atoms with Gasteiger partial charge in [0.25, 0.3) is 0 Å². The predicted molar refractivity (Wildman–Crippen MR) is 120 cm³/mol. The van der Waals surface area contributed by atoms with Crippen LogP contribution in [0, 0.1) is 0 Å². The number of thiophene rings is 1. The zero-order valence-electron chi connectivity index (χ0n) is 17.0. The average Bonchev–Trinajstić information content (AvgIpc) is 3.24. The molecule has 2 amide bonds. The molecule has 1 aliphatic carbocycles. The smallest absolute Gasteiger partial charge is 0.341 e. The van der Waals surface area contributed by atoms with Gasteiger partial charge >= 0.3 is 5.97 Å². The number of ether oxygens (including phenoxy) is 1. The predicted octanol–water partition coefficient (Wildman–Crippen LogP) is 4.27. The Bertz CT molecular complexity index is 1000. The van der Waals surface area contributed by atoms with Gasteiger partial charge in [-0.15, -0.1) is 23.1 Å². The van der Waals surface area contributed by atoms with Gasteiger partial charge in [0.1, 0.15) is 11.5 Å². The van der Waals surface area contributed by atoms with Crippen LogP contribution >= 0.6 is 23.1 Å². The van der Waals surface area contributed by atoms with Crippen LogP contribution in [-0.2, 0) is 27.2 Å². The number of amides is 2. The Kier molecular flexibility index (Phi) is 6.15. The number of esters is 1. The summed E-state index contributed by atoms with van der Waals surface area (Å²) in [7, 11) is 0. The number of anilines is 2. The minimum atomic E-state index is -0.395. The SMILES string of the molecule is CCOC(=O)c1c(NC(=O)CN2C(=O)CC(C)Sc3ccccc32)sc2c1CCC2. The molecule has 1 aromatic heterocycles. The molecular weight excluding hydrogens is 420 g/mol. The highest BCUT2D eigenvalue weighted by Gasteiger charge is 2.31. The molecule has 0 fully saturated rings. The number of hydrogen-bond acceptors (Lipinski definition) is 6. The molecule has 1 aliphatic heterocycles. The number of thioether (sulfide) groups is 1. The van der Waals surface area contributed by atoms with Gasteiger partial charge in [0.2, 0.25) is 11.8 Å². The van der Waals surface area contributed by atoms with E-state index in [9.17, 15) is 14.4 Å². The molecule has 1 unspecified atom stereocenters. The number of nitrogens with zero attached hydrogens (tertiary/aromatic N) is 1. The highest BCUT2D eigenvalue weighted by molar-refractivity contribution is 8.00. The van der Waals surface area contributed by atoms with E-state index in [-0.39, 0.29) is 30.2 Å².